The van der Waals surface area contributed by atoms with Crippen LogP contribution < -0.4 is 5.56 Å². The van der Waals surface area contributed by atoms with E-state index in [0.29, 0.717) is 10.9 Å². The summed E-state index contributed by atoms with van der Waals surface area (Å²) in [6, 6.07) is 10.0. The Morgan fingerprint density at radius 2 is 1.96 bits per heavy atom. The molecule has 0 spiro atoms. The Morgan fingerprint density at radius 3 is 2.73 bits per heavy atom. The van der Waals surface area contributed by atoms with E-state index >= 15 is 0 Å². The van der Waals surface area contributed by atoms with Gasteiger partial charge in [-0.25, -0.2) is 13.5 Å². The summed E-state index contributed by atoms with van der Waals surface area (Å²) in [5.74, 6) is -1.67. The van der Waals surface area contributed by atoms with Gasteiger partial charge in [-0.15, -0.1) is 5.10 Å². The van der Waals surface area contributed by atoms with Gasteiger partial charge >= 0.3 is 0 Å². The third kappa shape index (κ3) is 3.74. The van der Waals surface area contributed by atoms with Crippen molar-refractivity contribution in [1.82, 2.24) is 19.9 Å². The van der Waals surface area contributed by atoms with Crippen LogP contribution in [0.25, 0.3) is 10.9 Å². The molecule has 0 saturated heterocycles. The van der Waals surface area contributed by atoms with Crippen molar-refractivity contribution in [3.63, 3.8) is 0 Å². The number of rotatable bonds is 5. The summed E-state index contributed by atoms with van der Waals surface area (Å²) in [5, 5.41) is 8.21. The number of aromatic nitrogens is 3. The van der Waals surface area contributed by atoms with Crippen LogP contribution in [0.3, 0.4) is 0 Å². The third-order valence-corrected chi connectivity index (χ3v) is 4.02. The number of benzene rings is 2. The minimum atomic E-state index is -0.707. The van der Waals surface area contributed by atoms with Crippen LogP contribution >= 0.6 is 0 Å². The first kappa shape index (κ1) is 17.7. The second-order valence-electron chi connectivity index (χ2n) is 5.87. The molecule has 3 aromatic rings. The Bertz CT molecular complexity index is 1020. The van der Waals surface area contributed by atoms with Gasteiger partial charge in [0.05, 0.1) is 11.9 Å². The van der Waals surface area contributed by atoms with Crippen LogP contribution in [-0.4, -0.2) is 32.8 Å². The molecule has 0 unspecified atom stereocenters. The lowest BCUT2D eigenvalue weighted by atomic mass is 10.2. The number of hydrogen-bond donors (Lipinski definition) is 0. The first-order chi connectivity index (χ1) is 12.5. The fraction of sp³-hybridized carbons (Fsp3) is 0.222. The summed E-state index contributed by atoms with van der Waals surface area (Å²) >= 11 is 0. The van der Waals surface area contributed by atoms with E-state index in [1.54, 1.807) is 24.3 Å². The van der Waals surface area contributed by atoms with Crippen molar-refractivity contribution in [3.8, 4) is 0 Å². The minimum absolute atomic E-state index is 0.00322. The second-order valence-corrected chi connectivity index (χ2v) is 5.87. The molecule has 6 nitrogen and oxygen atoms in total. The monoisotopic (exact) mass is 358 g/mol. The predicted octanol–water partition coefficient (Wildman–Crippen LogP) is 2.12. The molecule has 2 aromatic carbocycles. The molecule has 0 atom stereocenters. The third-order valence-electron chi connectivity index (χ3n) is 4.02. The number of hydrogen-bond acceptors (Lipinski definition) is 4. The molecular formula is C18H16F2N4O2. The summed E-state index contributed by atoms with van der Waals surface area (Å²) < 4.78 is 27.8. The lowest BCUT2D eigenvalue weighted by Gasteiger charge is -2.17. The van der Waals surface area contributed by atoms with Crippen LogP contribution in [-0.2, 0) is 17.9 Å². The lowest BCUT2D eigenvalue weighted by molar-refractivity contribution is -0.130. The Labute approximate surface area is 147 Å². The smallest absolute Gasteiger partial charge is 0.277 e. The first-order valence-corrected chi connectivity index (χ1v) is 7.96. The van der Waals surface area contributed by atoms with Gasteiger partial charge in [-0.05, 0) is 18.2 Å². The van der Waals surface area contributed by atoms with Gasteiger partial charge in [-0.1, -0.05) is 23.4 Å². The average molecular weight is 358 g/mol. The molecule has 26 heavy (non-hydrogen) atoms. The van der Waals surface area contributed by atoms with Gasteiger partial charge in [-0.3, -0.25) is 9.59 Å². The highest BCUT2D eigenvalue weighted by Crippen LogP contribution is 2.12. The summed E-state index contributed by atoms with van der Waals surface area (Å²) in [6.07, 6.45) is 0.00619. The van der Waals surface area contributed by atoms with Crippen molar-refractivity contribution in [2.75, 3.05) is 7.05 Å². The van der Waals surface area contributed by atoms with Gasteiger partial charge < -0.3 is 4.90 Å². The summed E-state index contributed by atoms with van der Waals surface area (Å²) in [7, 11) is 1.51. The van der Waals surface area contributed by atoms with Gasteiger partial charge in [0.15, 0.2) is 0 Å². The van der Waals surface area contributed by atoms with Crippen molar-refractivity contribution in [2.45, 2.75) is 19.5 Å². The Hall–Kier alpha value is -3.16. The van der Waals surface area contributed by atoms with E-state index in [-0.39, 0.29) is 36.5 Å². The predicted molar refractivity (Wildman–Crippen MR) is 91.2 cm³/mol. The molecule has 8 heteroatoms. The van der Waals surface area contributed by atoms with Gasteiger partial charge in [0.25, 0.3) is 5.56 Å². The molecule has 0 aliphatic heterocycles. The standard InChI is InChI=1S/C18H16F2N4O2/c1-23(11-12-6-7-13(19)10-15(12)20)17(25)8-9-24-18(26)14-4-2-3-5-16(14)21-22-24/h2-7,10H,8-9,11H2,1H3. The fourth-order valence-corrected chi connectivity index (χ4v) is 2.56. The van der Waals surface area contributed by atoms with Gasteiger partial charge in [0.1, 0.15) is 17.2 Å². The molecule has 1 amide bonds. The largest absolute Gasteiger partial charge is 0.341 e. The van der Waals surface area contributed by atoms with E-state index < -0.39 is 11.6 Å². The number of carbonyl (C=O) groups excluding carboxylic acids is 1. The highest BCUT2D eigenvalue weighted by molar-refractivity contribution is 5.77. The first-order valence-electron chi connectivity index (χ1n) is 7.96. The molecule has 0 aliphatic carbocycles. The maximum Gasteiger partial charge on any atom is 0.277 e. The van der Waals surface area contributed by atoms with E-state index in [2.05, 4.69) is 10.3 Å². The number of halogens is 2. The molecule has 134 valence electrons. The zero-order valence-corrected chi connectivity index (χ0v) is 14.0. The van der Waals surface area contributed by atoms with Crippen LogP contribution in [0.2, 0.25) is 0 Å². The molecular weight excluding hydrogens is 342 g/mol. The number of carbonyl (C=O) groups is 1. The molecule has 1 heterocycles. The molecule has 0 aliphatic rings. The number of fused-ring (bicyclic) bond motifs is 1. The molecule has 0 N–H and O–H groups in total. The van der Waals surface area contributed by atoms with Crippen molar-refractivity contribution < 1.29 is 13.6 Å². The Kier molecular flexibility index (Phi) is 5.01. The normalized spacial score (nSPS) is 10.9. The van der Waals surface area contributed by atoms with E-state index in [1.807, 2.05) is 0 Å². The van der Waals surface area contributed by atoms with Crippen molar-refractivity contribution in [3.05, 3.63) is 70.0 Å². The van der Waals surface area contributed by atoms with E-state index in [1.165, 1.54) is 18.0 Å². The van der Waals surface area contributed by atoms with Crippen LogP contribution in [0, 0.1) is 11.6 Å². The SMILES string of the molecule is CN(Cc1ccc(F)cc1F)C(=O)CCn1nnc2ccccc2c1=O. The van der Waals surface area contributed by atoms with Gasteiger partial charge in [-0.2, -0.15) is 0 Å². The molecule has 3 rings (SSSR count). The molecule has 0 fully saturated rings. The van der Waals surface area contributed by atoms with Gasteiger partial charge in [0.2, 0.25) is 5.91 Å². The molecule has 1 aromatic heterocycles. The molecule has 0 radical (unpaired) electrons. The number of nitrogens with zero attached hydrogens (tertiary/aromatic N) is 4. The fourth-order valence-electron chi connectivity index (χ4n) is 2.56. The van der Waals surface area contributed by atoms with Crippen LogP contribution in [0.15, 0.2) is 47.3 Å². The van der Waals surface area contributed by atoms with Crippen LogP contribution in [0.5, 0.6) is 0 Å². The van der Waals surface area contributed by atoms with Crippen molar-refractivity contribution >= 4 is 16.8 Å². The topological polar surface area (TPSA) is 68.1 Å². The zero-order valence-electron chi connectivity index (χ0n) is 14.0. The van der Waals surface area contributed by atoms with E-state index in [0.717, 1.165) is 16.8 Å². The maximum absolute atomic E-state index is 13.7. The van der Waals surface area contributed by atoms with E-state index in [9.17, 15) is 18.4 Å². The average Bonchev–Trinajstić information content (AvgIpc) is 2.63. The van der Waals surface area contributed by atoms with Crippen LogP contribution in [0.1, 0.15) is 12.0 Å². The quantitative estimate of drug-likeness (QED) is 0.701. The molecule has 0 bridgehead atoms. The minimum Gasteiger partial charge on any atom is -0.341 e. The number of aryl methyl sites for hydroxylation is 1. The summed E-state index contributed by atoms with van der Waals surface area (Å²) in [4.78, 5) is 25.9. The second kappa shape index (κ2) is 7.38. The maximum atomic E-state index is 13.7. The van der Waals surface area contributed by atoms with Gasteiger partial charge in [0, 0.05) is 31.6 Å². The molecule has 0 saturated carbocycles. The van der Waals surface area contributed by atoms with Crippen LogP contribution in [0.4, 0.5) is 8.78 Å². The lowest BCUT2D eigenvalue weighted by Crippen LogP contribution is -2.30. The van der Waals surface area contributed by atoms with E-state index in [4.69, 9.17) is 0 Å². The van der Waals surface area contributed by atoms with Crippen molar-refractivity contribution in [1.29, 1.82) is 0 Å². The highest BCUT2D eigenvalue weighted by atomic mass is 19.1. The summed E-state index contributed by atoms with van der Waals surface area (Å²) in [6.45, 7) is 0.0645. The number of amides is 1. The van der Waals surface area contributed by atoms with Crippen molar-refractivity contribution in [2.24, 2.45) is 0 Å². The zero-order chi connectivity index (χ0) is 18.7. The Morgan fingerprint density at radius 1 is 1.19 bits per heavy atom. The Balaban J connectivity index is 1.66. The summed E-state index contributed by atoms with van der Waals surface area (Å²) in [5.41, 5.74) is 0.379. The highest BCUT2D eigenvalue weighted by Gasteiger charge is 2.14.